The van der Waals surface area contributed by atoms with Crippen LogP contribution >= 0.6 is 0 Å². The van der Waals surface area contributed by atoms with Crippen LogP contribution in [-0.4, -0.2) is 77.2 Å². The van der Waals surface area contributed by atoms with E-state index < -0.39 is 0 Å². The maximum Gasteiger partial charge on any atom is 0.268 e. The molecule has 142 valence electrons. The van der Waals surface area contributed by atoms with Gasteiger partial charge in [0.05, 0.1) is 24.3 Å². The average Bonchev–Trinajstić information content (AvgIpc) is 2.63. The highest BCUT2D eigenvalue weighted by atomic mass is 16.2. The lowest BCUT2D eigenvalue weighted by Gasteiger charge is -2.39. The zero-order chi connectivity index (χ0) is 18.7. The summed E-state index contributed by atoms with van der Waals surface area (Å²) in [5.74, 6) is -0.268. The maximum atomic E-state index is 12.8. The Balaban J connectivity index is 1.55. The minimum Gasteiger partial charge on any atom is -0.369 e. The third-order valence-corrected chi connectivity index (χ3v) is 5.14. The molecule has 1 aromatic rings. The number of nitrogens with two attached hydrogens (primary N) is 1. The van der Waals surface area contributed by atoms with E-state index >= 15 is 0 Å². The second-order valence-corrected chi connectivity index (χ2v) is 7.03. The van der Waals surface area contributed by atoms with E-state index in [1.165, 1.54) is 4.68 Å². The van der Waals surface area contributed by atoms with Gasteiger partial charge < -0.3 is 15.5 Å². The molecule has 0 aliphatic carbocycles. The smallest absolute Gasteiger partial charge is 0.268 e. The number of anilines is 1. The van der Waals surface area contributed by atoms with Gasteiger partial charge in [0.2, 0.25) is 11.8 Å². The van der Waals surface area contributed by atoms with Crippen LogP contribution < -0.4 is 16.2 Å². The Morgan fingerprint density at radius 3 is 2.62 bits per heavy atom. The molecule has 2 N–H and O–H groups in total. The van der Waals surface area contributed by atoms with Crippen molar-refractivity contribution in [1.29, 1.82) is 0 Å². The highest BCUT2D eigenvalue weighted by molar-refractivity contribution is 5.80. The molecule has 0 bridgehead atoms. The quantitative estimate of drug-likeness (QED) is 0.708. The van der Waals surface area contributed by atoms with E-state index in [1.807, 2.05) is 9.80 Å². The topological polar surface area (TPSA) is 105 Å². The van der Waals surface area contributed by atoms with Gasteiger partial charge >= 0.3 is 0 Å². The fraction of sp³-hybridized carbons (Fsp3) is 0.647. The maximum absolute atomic E-state index is 12.8. The van der Waals surface area contributed by atoms with Crippen LogP contribution in [0.25, 0.3) is 0 Å². The number of aromatic nitrogens is 2. The number of hydrogen-bond donors (Lipinski definition) is 1. The Bertz CT molecular complexity index is 725. The average molecular weight is 362 g/mol. The van der Waals surface area contributed by atoms with Gasteiger partial charge in [0, 0.05) is 45.8 Å². The Labute approximate surface area is 152 Å². The minimum atomic E-state index is -0.352. The van der Waals surface area contributed by atoms with E-state index in [0.717, 1.165) is 25.1 Å². The molecule has 2 fully saturated rings. The fourth-order valence-electron chi connectivity index (χ4n) is 3.70. The molecule has 2 amide bonds. The number of hydrogen-bond acceptors (Lipinski definition) is 6. The lowest BCUT2D eigenvalue weighted by Crippen LogP contribution is -2.53. The molecule has 2 aliphatic heterocycles. The van der Waals surface area contributed by atoms with Crippen LogP contribution in [0.2, 0.25) is 0 Å². The van der Waals surface area contributed by atoms with Gasteiger partial charge in [-0.15, -0.1) is 0 Å². The first-order valence-electron chi connectivity index (χ1n) is 9.02. The molecule has 0 aromatic carbocycles. The Hall–Kier alpha value is -2.42. The van der Waals surface area contributed by atoms with Gasteiger partial charge in [-0.2, -0.15) is 5.10 Å². The molecule has 1 aromatic heterocycles. The van der Waals surface area contributed by atoms with Gasteiger partial charge in [-0.3, -0.25) is 19.3 Å². The first-order valence-corrected chi connectivity index (χ1v) is 9.02. The highest BCUT2D eigenvalue weighted by Gasteiger charge is 2.31. The van der Waals surface area contributed by atoms with Crippen LogP contribution in [0.15, 0.2) is 17.1 Å². The van der Waals surface area contributed by atoms with Crippen LogP contribution in [0.1, 0.15) is 12.8 Å². The summed E-state index contributed by atoms with van der Waals surface area (Å²) in [7, 11) is 1.62. The molecule has 1 unspecified atom stereocenters. The number of rotatable bonds is 4. The van der Waals surface area contributed by atoms with E-state index in [9.17, 15) is 14.4 Å². The van der Waals surface area contributed by atoms with Crippen molar-refractivity contribution < 1.29 is 9.59 Å². The number of aryl methyl sites for hydroxylation is 1. The standard InChI is InChI=1S/C17H26N6O3/c1-20-16(25)9-14(10-19-20)22-5-7-23(8-6-22)17(26)13-3-2-4-21(11-13)12-15(18)24/h9-10,13H,2-8,11-12H2,1H3,(H2,18,24). The van der Waals surface area contributed by atoms with E-state index in [4.69, 9.17) is 5.73 Å². The van der Waals surface area contributed by atoms with Crippen molar-refractivity contribution >= 4 is 17.5 Å². The first kappa shape index (κ1) is 18.4. The monoisotopic (exact) mass is 362 g/mol. The number of likely N-dealkylation sites (tertiary alicyclic amines) is 1. The summed E-state index contributed by atoms with van der Waals surface area (Å²) in [4.78, 5) is 41.6. The van der Waals surface area contributed by atoms with Crippen molar-refractivity contribution in [2.24, 2.45) is 18.7 Å². The number of piperidine rings is 1. The van der Waals surface area contributed by atoms with Crippen LogP contribution in [0, 0.1) is 5.92 Å². The normalized spacial score (nSPS) is 21.7. The minimum absolute atomic E-state index is 0.0691. The molecule has 2 saturated heterocycles. The Morgan fingerprint density at radius 1 is 1.23 bits per heavy atom. The van der Waals surface area contributed by atoms with Crippen molar-refractivity contribution in [1.82, 2.24) is 19.6 Å². The van der Waals surface area contributed by atoms with Crippen LogP contribution in [0.4, 0.5) is 5.69 Å². The molecule has 0 spiro atoms. The lowest BCUT2D eigenvalue weighted by molar-refractivity contribution is -0.138. The number of amides is 2. The molecule has 3 rings (SSSR count). The molecule has 26 heavy (non-hydrogen) atoms. The van der Waals surface area contributed by atoms with E-state index in [0.29, 0.717) is 32.7 Å². The van der Waals surface area contributed by atoms with E-state index in [1.54, 1.807) is 19.3 Å². The van der Waals surface area contributed by atoms with Gasteiger partial charge in [0.1, 0.15) is 0 Å². The summed E-state index contributed by atoms with van der Waals surface area (Å²) in [5.41, 5.74) is 5.92. The molecule has 9 heteroatoms. The van der Waals surface area contributed by atoms with Gasteiger partial charge in [-0.05, 0) is 19.4 Å². The largest absolute Gasteiger partial charge is 0.369 e. The molecule has 9 nitrogen and oxygen atoms in total. The molecule has 0 saturated carbocycles. The zero-order valence-electron chi connectivity index (χ0n) is 15.1. The van der Waals surface area contributed by atoms with Crippen molar-refractivity contribution in [3.05, 3.63) is 22.6 Å². The molecule has 1 atom stereocenters. The van der Waals surface area contributed by atoms with Crippen molar-refractivity contribution in [3.63, 3.8) is 0 Å². The summed E-state index contributed by atoms with van der Waals surface area (Å²) in [6.45, 7) is 4.24. The summed E-state index contributed by atoms with van der Waals surface area (Å²) in [5, 5.41) is 4.05. The summed E-state index contributed by atoms with van der Waals surface area (Å²) < 4.78 is 1.30. The molecular weight excluding hydrogens is 336 g/mol. The second-order valence-electron chi connectivity index (χ2n) is 7.03. The first-order chi connectivity index (χ1) is 12.4. The summed E-state index contributed by atoms with van der Waals surface area (Å²) in [6.07, 6.45) is 3.44. The predicted molar refractivity (Wildman–Crippen MR) is 96.6 cm³/mol. The Kier molecular flexibility index (Phi) is 5.55. The number of carbonyl (C=O) groups is 2. The van der Waals surface area contributed by atoms with Crippen molar-refractivity contribution in [2.45, 2.75) is 12.8 Å². The highest BCUT2D eigenvalue weighted by Crippen LogP contribution is 2.20. The fourth-order valence-corrected chi connectivity index (χ4v) is 3.70. The number of nitrogens with zero attached hydrogens (tertiary/aromatic N) is 5. The molecule has 3 heterocycles. The summed E-state index contributed by atoms with van der Waals surface area (Å²) >= 11 is 0. The lowest BCUT2D eigenvalue weighted by atomic mass is 9.96. The van der Waals surface area contributed by atoms with Crippen LogP contribution in [-0.2, 0) is 16.6 Å². The van der Waals surface area contributed by atoms with E-state index in [-0.39, 0.29) is 29.8 Å². The van der Waals surface area contributed by atoms with Gasteiger partial charge in [-0.1, -0.05) is 0 Å². The van der Waals surface area contributed by atoms with Gasteiger partial charge in [0.15, 0.2) is 0 Å². The third-order valence-electron chi connectivity index (χ3n) is 5.14. The second kappa shape index (κ2) is 7.86. The van der Waals surface area contributed by atoms with Crippen LogP contribution in [0.3, 0.4) is 0 Å². The summed E-state index contributed by atoms with van der Waals surface area (Å²) in [6, 6.07) is 1.58. The van der Waals surface area contributed by atoms with Crippen molar-refractivity contribution in [3.8, 4) is 0 Å². The number of carbonyl (C=O) groups excluding carboxylic acids is 2. The van der Waals surface area contributed by atoms with Gasteiger partial charge in [0.25, 0.3) is 5.56 Å². The molecule has 0 radical (unpaired) electrons. The molecular formula is C17H26N6O3. The zero-order valence-corrected chi connectivity index (χ0v) is 15.1. The van der Waals surface area contributed by atoms with E-state index in [2.05, 4.69) is 10.00 Å². The van der Waals surface area contributed by atoms with Crippen molar-refractivity contribution in [2.75, 3.05) is 50.7 Å². The SMILES string of the molecule is Cn1ncc(N2CCN(C(=O)C3CCCN(CC(N)=O)C3)CC2)cc1=O. The molecule has 2 aliphatic rings. The van der Waals surface area contributed by atoms with Gasteiger partial charge in [-0.25, -0.2) is 4.68 Å². The third kappa shape index (κ3) is 4.21. The number of primary amides is 1. The Morgan fingerprint density at radius 2 is 1.96 bits per heavy atom. The number of piperazine rings is 1. The predicted octanol–water partition coefficient (Wildman–Crippen LogP) is -1.37. The van der Waals surface area contributed by atoms with Crippen LogP contribution in [0.5, 0.6) is 0 Å².